The van der Waals surface area contributed by atoms with E-state index in [2.05, 4.69) is 31.3 Å². The lowest BCUT2D eigenvalue weighted by Crippen LogP contribution is -2.25. The zero-order chi connectivity index (χ0) is 31.5. The van der Waals surface area contributed by atoms with Crippen molar-refractivity contribution in [3.05, 3.63) is 106 Å². The molecule has 0 aliphatic heterocycles. The molecule has 0 fully saturated rings. The van der Waals surface area contributed by atoms with Gasteiger partial charge in [0.2, 0.25) is 11.6 Å². The molecule has 3 aromatic carbocycles. The van der Waals surface area contributed by atoms with Crippen molar-refractivity contribution in [1.29, 1.82) is 0 Å². The maximum atomic E-state index is 14.8. The van der Waals surface area contributed by atoms with Crippen molar-refractivity contribution in [2.75, 3.05) is 0 Å². The Labute approximate surface area is 236 Å². The largest absolute Gasteiger partial charge is 0.573 e. The molecule has 0 spiro atoms. The highest BCUT2D eigenvalue weighted by molar-refractivity contribution is 5.66. The van der Waals surface area contributed by atoms with Gasteiger partial charge in [-0.3, -0.25) is 0 Å². The van der Waals surface area contributed by atoms with Crippen LogP contribution < -0.4 is 9.47 Å². The molecule has 0 unspecified atom stereocenters. The zero-order valence-electron chi connectivity index (χ0n) is 21.6. The fraction of sp³-hybridized carbons (Fsp3) is 0.172. The first-order valence-electron chi connectivity index (χ1n) is 12.1. The Bertz CT molecular complexity index is 1670. The number of aromatic nitrogens is 2. The molecule has 4 rings (SSSR count). The summed E-state index contributed by atoms with van der Waals surface area (Å²) in [7, 11) is 0. The van der Waals surface area contributed by atoms with Gasteiger partial charge in [0.15, 0.2) is 11.6 Å². The fourth-order valence-corrected chi connectivity index (χ4v) is 3.81. The van der Waals surface area contributed by atoms with Crippen LogP contribution in [0, 0.1) is 40.9 Å². The third kappa shape index (κ3) is 7.54. The first-order chi connectivity index (χ1) is 20.2. The van der Waals surface area contributed by atoms with Crippen LogP contribution >= 0.6 is 0 Å². The van der Waals surface area contributed by atoms with E-state index in [1.54, 1.807) is 12.4 Å². The third-order valence-corrected chi connectivity index (χ3v) is 5.61. The molecular formula is C29H16F10N2O2. The number of nitrogens with zero attached hydrogens (tertiary/aromatic N) is 2. The Hall–Kier alpha value is -4.80. The zero-order valence-corrected chi connectivity index (χ0v) is 21.6. The Kier molecular flexibility index (Phi) is 8.84. The lowest BCUT2D eigenvalue weighted by Gasteiger charge is -2.20. The van der Waals surface area contributed by atoms with Gasteiger partial charge < -0.3 is 9.47 Å². The molecule has 4 nitrogen and oxygen atoms in total. The molecule has 0 radical (unpaired) electrons. The van der Waals surface area contributed by atoms with Gasteiger partial charge >= 0.3 is 12.5 Å². The van der Waals surface area contributed by atoms with Crippen molar-refractivity contribution in [1.82, 2.24) is 9.97 Å². The Morgan fingerprint density at radius 1 is 0.721 bits per heavy atom. The summed E-state index contributed by atoms with van der Waals surface area (Å²) in [5.74, 6) is -6.96. The molecule has 0 saturated heterocycles. The molecule has 224 valence electrons. The topological polar surface area (TPSA) is 44.2 Å². The molecule has 43 heavy (non-hydrogen) atoms. The summed E-state index contributed by atoms with van der Waals surface area (Å²) in [6.07, 6.45) is -5.55. The van der Waals surface area contributed by atoms with Crippen LogP contribution in [0.4, 0.5) is 43.9 Å². The minimum Gasteiger partial charge on any atom is -0.429 e. The molecule has 0 atom stereocenters. The molecule has 1 aromatic heterocycles. The van der Waals surface area contributed by atoms with Crippen molar-refractivity contribution < 1.29 is 53.4 Å². The number of benzene rings is 3. The summed E-state index contributed by atoms with van der Waals surface area (Å²) >= 11 is 0. The number of hydrogen-bond donors (Lipinski definition) is 0. The molecule has 4 aromatic rings. The van der Waals surface area contributed by atoms with Crippen molar-refractivity contribution in [3.63, 3.8) is 0 Å². The fourth-order valence-electron chi connectivity index (χ4n) is 3.81. The van der Waals surface area contributed by atoms with Crippen LogP contribution in [0.5, 0.6) is 11.5 Å². The standard InChI is InChI=1S/C29H16F10N2O2/c1-2-3-16-13-40-25(41-14-16)7-5-15-4-6-19(20(30)8-15)17-9-21(31)26(22(32)10-17)28(35,36)42-18-11-23(33)27(24(34)12-18)43-29(37,38)39/h4,6,8-14H,2-3H2,1H3. The number of hydrogen-bond acceptors (Lipinski definition) is 4. The molecule has 0 N–H and O–H groups in total. The maximum Gasteiger partial charge on any atom is 0.573 e. The first-order valence-corrected chi connectivity index (χ1v) is 12.1. The molecule has 0 aliphatic carbocycles. The highest BCUT2D eigenvalue weighted by atomic mass is 19.4. The van der Waals surface area contributed by atoms with E-state index in [1.807, 2.05) is 6.92 Å². The second kappa shape index (κ2) is 12.2. The number of aryl methyl sites for hydroxylation is 1. The minimum atomic E-state index is -5.51. The summed E-state index contributed by atoms with van der Waals surface area (Å²) < 4.78 is 145. The van der Waals surface area contributed by atoms with Gasteiger partial charge in [-0.05, 0) is 47.7 Å². The molecule has 0 aliphatic rings. The van der Waals surface area contributed by atoms with Gasteiger partial charge in [-0.2, -0.15) is 8.78 Å². The predicted octanol–water partition coefficient (Wildman–Crippen LogP) is 8.22. The Balaban J connectivity index is 1.57. The van der Waals surface area contributed by atoms with Gasteiger partial charge in [0.25, 0.3) is 0 Å². The highest BCUT2D eigenvalue weighted by Gasteiger charge is 2.42. The first kappa shape index (κ1) is 31.1. The van der Waals surface area contributed by atoms with Gasteiger partial charge in [0, 0.05) is 35.7 Å². The maximum absolute atomic E-state index is 14.8. The second-order valence-corrected chi connectivity index (χ2v) is 8.81. The van der Waals surface area contributed by atoms with Crippen molar-refractivity contribution in [2.24, 2.45) is 0 Å². The Morgan fingerprint density at radius 2 is 1.33 bits per heavy atom. The monoisotopic (exact) mass is 614 g/mol. The lowest BCUT2D eigenvalue weighted by atomic mass is 10.0. The summed E-state index contributed by atoms with van der Waals surface area (Å²) in [4.78, 5) is 8.16. The number of halogens is 10. The number of alkyl halides is 5. The van der Waals surface area contributed by atoms with E-state index in [-0.39, 0.29) is 29.1 Å². The normalized spacial score (nSPS) is 11.6. The van der Waals surface area contributed by atoms with Crippen LogP contribution in [-0.2, 0) is 12.5 Å². The van der Waals surface area contributed by atoms with E-state index in [1.165, 1.54) is 6.07 Å². The van der Waals surface area contributed by atoms with E-state index in [0.717, 1.165) is 30.5 Å². The molecule has 0 saturated carbocycles. The van der Waals surface area contributed by atoms with Crippen LogP contribution in [0.1, 0.15) is 35.9 Å². The average Bonchev–Trinajstić information content (AvgIpc) is 2.89. The number of ether oxygens (including phenoxy) is 2. The highest BCUT2D eigenvalue weighted by Crippen LogP contribution is 2.39. The van der Waals surface area contributed by atoms with E-state index in [0.29, 0.717) is 12.1 Å². The van der Waals surface area contributed by atoms with Gasteiger partial charge in [0.1, 0.15) is 28.8 Å². The molecule has 0 bridgehead atoms. The Morgan fingerprint density at radius 3 is 1.86 bits per heavy atom. The van der Waals surface area contributed by atoms with E-state index >= 15 is 0 Å². The van der Waals surface area contributed by atoms with Crippen LogP contribution in [0.2, 0.25) is 0 Å². The van der Waals surface area contributed by atoms with Crippen molar-refractivity contribution >= 4 is 0 Å². The van der Waals surface area contributed by atoms with Crippen LogP contribution in [0.3, 0.4) is 0 Å². The van der Waals surface area contributed by atoms with E-state index in [4.69, 9.17) is 0 Å². The minimum absolute atomic E-state index is 0.102. The van der Waals surface area contributed by atoms with Crippen LogP contribution in [-0.4, -0.2) is 16.3 Å². The van der Waals surface area contributed by atoms with Crippen LogP contribution in [0.15, 0.2) is 54.9 Å². The second-order valence-electron chi connectivity index (χ2n) is 8.81. The molecule has 1 heterocycles. The smallest absolute Gasteiger partial charge is 0.429 e. The average molecular weight is 614 g/mol. The van der Waals surface area contributed by atoms with E-state index < -0.39 is 64.2 Å². The number of rotatable bonds is 7. The predicted molar refractivity (Wildman–Crippen MR) is 131 cm³/mol. The van der Waals surface area contributed by atoms with Gasteiger partial charge in [0.05, 0.1) is 0 Å². The molecule has 14 heteroatoms. The van der Waals surface area contributed by atoms with Gasteiger partial charge in [-0.1, -0.05) is 25.3 Å². The van der Waals surface area contributed by atoms with Crippen LogP contribution in [0.25, 0.3) is 11.1 Å². The quantitative estimate of drug-likeness (QED) is 0.156. The SMILES string of the molecule is CCCc1cnc(C#Cc2ccc(-c3cc(F)c(C(F)(F)Oc4cc(F)c(OC(F)(F)F)c(F)c4)c(F)c3)c(F)c2)nc1. The summed E-state index contributed by atoms with van der Waals surface area (Å²) in [6, 6.07) is 3.87. The summed E-state index contributed by atoms with van der Waals surface area (Å²) in [5.41, 5.74) is -1.84. The van der Waals surface area contributed by atoms with Crippen molar-refractivity contribution in [2.45, 2.75) is 32.2 Å². The van der Waals surface area contributed by atoms with Gasteiger partial charge in [-0.15, -0.1) is 13.2 Å². The van der Waals surface area contributed by atoms with Gasteiger partial charge in [-0.25, -0.2) is 31.9 Å². The summed E-state index contributed by atoms with van der Waals surface area (Å²) in [6.45, 7) is 1.99. The molecular weight excluding hydrogens is 598 g/mol. The van der Waals surface area contributed by atoms with Crippen molar-refractivity contribution in [3.8, 4) is 34.5 Å². The summed E-state index contributed by atoms with van der Waals surface area (Å²) in [5, 5.41) is 0. The van der Waals surface area contributed by atoms with E-state index in [9.17, 15) is 43.9 Å². The third-order valence-electron chi connectivity index (χ3n) is 5.61. The lowest BCUT2D eigenvalue weighted by molar-refractivity contribution is -0.276. The molecule has 0 amide bonds.